The summed E-state index contributed by atoms with van der Waals surface area (Å²) in [6.07, 6.45) is 38.2. The molecule has 0 fully saturated rings. The standard InChI is InChI=1S/C63H122O17P2/c1-7-9-11-13-26-35-41-47-62(67)79-58(51-73-60(65)45-39-31-12-10-8-2)53-77-81(69,70)75-49-57(64)50-76-82(71,72)78-54-59(52-74-61(66)46-40-34-29-25-24-28-33-38-44-56(5)6)80-63(68)48-42-36-30-23-21-19-17-15-14-16-18-20-22-27-32-37-43-55(3)4/h55-59,64H,7-54H2,1-6H3,(H,69,70)(H,71,72)/t57-,58+,59+/m0/s1. The van der Waals surface area contributed by atoms with Crippen molar-refractivity contribution in [2.24, 2.45) is 11.8 Å². The van der Waals surface area contributed by atoms with Crippen molar-refractivity contribution in [1.29, 1.82) is 0 Å². The van der Waals surface area contributed by atoms with Gasteiger partial charge in [-0.3, -0.25) is 37.3 Å². The van der Waals surface area contributed by atoms with E-state index in [0.29, 0.717) is 25.7 Å². The highest BCUT2D eigenvalue weighted by atomic mass is 31.2. The summed E-state index contributed by atoms with van der Waals surface area (Å²) < 4.78 is 67.6. The minimum atomic E-state index is -4.94. The number of hydrogen-bond acceptors (Lipinski definition) is 15. The number of rotatable bonds is 62. The fourth-order valence-corrected chi connectivity index (χ4v) is 10.9. The van der Waals surface area contributed by atoms with E-state index in [2.05, 4.69) is 41.5 Å². The highest BCUT2D eigenvalue weighted by Gasteiger charge is 2.30. The van der Waals surface area contributed by atoms with Gasteiger partial charge in [0.2, 0.25) is 0 Å². The molecule has 0 aromatic carbocycles. The molecule has 0 amide bonds. The van der Waals surface area contributed by atoms with Crippen molar-refractivity contribution in [3.05, 3.63) is 0 Å². The van der Waals surface area contributed by atoms with E-state index in [9.17, 15) is 43.2 Å². The smallest absolute Gasteiger partial charge is 0.462 e. The van der Waals surface area contributed by atoms with Crippen molar-refractivity contribution in [3.8, 4) is 0 Å². The van der Waals surface area contributed by atoms with E-state index in [0.717, 1.165) is 121 Å². The van der Waals surface area contributed by atoms with Crippen molar-refractivity contribution in [3.63, 3.8) is 0 Å². The maximum atomic E-state index is 13.0. The minimum absolute atomic E-state index is 0.103. The van der Waals surface area contributed by atoms with Crippen molar-refractivity contribution < 1.29 is 80.2 Å². The molecule has 19 heteroatoms. The Bertz CT molecular complexity index is 1620. The van der Waals surface area contributed by atoms with Crippen molar-refractivity contribution >= 4 is 39.5 Å². The molecule has 17 nitrogen and oxygen atoms in total. The number of aliphatic hydroxyl groups excluding tert-OH is 1. The monoisotopic (exact) mass is 1210 g/mol. The maximum absolute atomic E-state index is 13.0. The van der Waals surface area contributed by atoms with Gasteiger partial charge in [-0.15, -0.1) is 0 Å². The first kappa shape index (κ1) is 80.1. The third-order valence-corrected chi connectivity index (χ3v) is 16.4. The van der Waals surface area contributed by atoms with E-state index in [1.165, 1.54) is 109 Å². The lowest BCUT2D eigenvalue weighted by Crippen LogP contribution is -2.30. The lowest BCUT2D eigenvalue weighted by Gasteiger charge is -2.21. The lowest BCUT2D eigenvalue weighted by molar-refractivity contribution is -0.161. The average molecular weight is 1210 g/mol. The number of hydrogen-bond donors (Lipinski definition) is 3. The van der Waals surface area contributed by atoms with Gasteiger partial charge in [0.15, 0.2) is 12.2 Å². The Morgan fingerprint density at radius 3 is 0.829 bits per heavy atom. The zero-order chi connectivity index (χ0) is 60.8. The fourth-order valence-electron chi connectivity index (χ4n) is 9.35. The van der Waals surface area contributed by atoms with Gasteiger partial charge in [0.1, 0.15) is 19.3 Å². The molecule has 0 aromatic rings. The van der Waals surface area contributed by atoms with E-state index in [1.54, 1.807) is 0 Å². The second-order valence-electron chi connectivity index (χ2n) is 23.7. The largest absolute Gasteiger partial charge is 0.472 e. The molecule has 0 rings (SSSR count). The summed E-state index contributed by atoms with van der Waals surface area (Å²) in [6, 6.07) is 0. The summed E-state index contributed by atoms with van der Waals surface area (Å²) >= 11 is 0. The van der Waals surface area contributed by atoms with Gasteiger partial charge in [-0.05, 0) is 37.5 Å². The van der Waals surface area contributed by atoms with E-state index < -0.39 is 97.5 Å². The Balaban J connectivity index is 5.10. The predicted molar refractivity (Wildman–Crippen MR) is 326 cm³/mol. The number of esters is 4. The maximum Gasteiger partial charge on any atom is 0.472 e. The van der Waals surface area contributed by atoms with Gasteiger partial charge in [0.05, 0.1) is 26.4 Å². The molecule has 0 aliphatic heterocycles. The van der Waals surface area contributed by atoms with Crippen LogP contribution in [-0.2, 0) is 65.4 Å². The Hall–Kier alpha value is -1.94. The van der Waals surface area contributed by atoms with E-state index in [4.69, 9.17) is 37.0 Å². The van der Waals surface area contributed by atoms with Crippen molar-refractivity contribution in [2.75, 3.05) is 39.6 Å². The molecular weight excluding hydrogens is 1090 g/mol. The Kier molecular flexibility index (Phi) is 54.3. The molecule has 0 spiro atoms. The lowest BCUT2D eigenvalue weighted by atomic mass is 10.0. The number of aliphatic hydroxyl groups is 1. The van der Waals surface area contributed by atoms with E-state index in [1.807, 2.05) is 0 Å². The Labute approximate surface area is 498 Å². The third-order valence-electron chi connectivity index (χ3n) is 14.5. The zero-order valence-corrected chi connectivity index (χ0v) is 54.6. The molecule has 0 radical (unpaired) electrons. The van der Waals surface area contributed by atoms with Gasteiger partial charge in [-0.2, -0.15) is 0 Å². The molecule has 5 atom stereocenters. The second-order valence-corrected chi connectivity index (χ2v) is 26.7. The van der Waals surface area contributed by atoms with Crippen LogP contribution in [0.25, 0.3) is 0 Å². The summed E-state index contributed by atoms with van der Waals surface area (Å²) in [5.74, 6) is -0.616. The van der Waals surface area contributed by atoms with Gasteiger partial charge >= 0.3 is 39.5 Å². The van der Waals surface area contributed by atoms with E-state index in [-0.39, 0.29) is 25.7 Å². The summed E-state index contributed by atoms with van der Waals surface area (Å²) in [4.78, 5) is 71.8. The van der Waals surface area contributed by atoms with Gasteiger partial charge in [-0.25, -0.2) is 9.13 Å². The summed E-state index contributed by atoms with van der Waals surface area (Å²) in [5.41, 5.74) is 0. The van der Waals surface area contributed by atoms with Crippen LogP contribution in [0.1, 0.15) is 311 Å². The summed E-state index contributed by atoms with van der Waals surface area (Å²) in [6.45, 7) is 9.35. The molecule has 0 bridgehead atoms. The van der Waals surface area contributed by atoms with Crippen molar-refractivity contribution in [1.82, 2.24) is 0 Å². The predicted octanol–water partition coefficient (Wildman–Crippen LogP) is 17.3. The number of carbonyl (C=O) groups excluding carboxylic acids is 4. The number of phosphoric ester groups is 2. The molecule has 2 unspecified atom stereocenters. The minimum Gasteiger partial charge on any atom is -0.462 e. The first-order chi connectivity index (χ1) is 39.4. The molecule has 0 saturated heterocycles. The average Bonchev–Trinajstić information content (AvgIpc) is 3.45. The van der Waals surface area contributed by atoms with Crippen LogP contribution in [0.15, 0.2) is 0 Å². The topological polar surface area (TPSA) is 237 Å². The van der Waals surface area contributed by atoms with Gasteiger partial charge in [0, 0.05) is 25.7 Å². The summed E-state index contributed by atoms with van der Waals surface area (Å²) in [5, 5.41) is 10.5. The van der Waals surface area contributed by atoms with Gasteiger partial charge < -0.3 is 33.8 Å². The van der Waals surface area contributed by atoms with Crippen LogP contribution in [-0.4, -0.2) is 96.7 Å². The van der Waals surface area contributed by atoms with E-state index >= 15 is 0 Å². The molecule has 0 aromatic heterocycles. The van der Waals surface area contributed by atoms with Crippen LogP contribution >= 0.6 is 15.6 Å². The van der Waals surface area contributed by atoms with Crippen LogP contribution < -0.4 is 0 Å². The van der Waals surface area contributed by atoms with Crippen LogP contribution in [0.4, 0.5) is 0 Å². The number of ether oxygens (including phenoxy) is 4. The first-order valence-corrected chi connectivity index (χ1v) is 36.0. The number of carbonyl (C=O) groups is 4. The highest BCUT2D eigenvalue weighted by molar-refractivity contribution is 7.47. The fraction of sp³-hybridized carbons (Fsp3) is 0.937. The van der Waals surface area contributed by atoms with Crippen LogP contribution in [0, 0.1) is 11.8 Å². The first-order valence-electron chi connectivity index (χ1n) is 33.0. The molecule has 486 valence electrons. The van der Waals surface area contributed by atoms with Gasteiger partial charge in [-0.1, -0.05) is 260 Å². The van der Waals surface area contributed by atoms with Crippen LogP contribution in [0.2, 0.25) is 0 Å². The van der Waals surface area contributed by atoms with Crippen LogP contribution in [0.5, 0.6) is 0 Å². The normalized spacial score (nSPS) is 14.3. The van der Waals surface area contributed by atoms with Crippen LogP contribution in [0.3, 0.4) is 0 Å². The quantitative estimate of drug-likeness (QED) is 0.0222. The van der Waals surface area contributed by atoms with Crippen molar-refractivity contribution in [2.45, 2.75) is 330 Å². The molecule has 0 aliphatic rings. The molecule has 0 heterocycles. The number of unbranched alkanes of at least 4 members (excludes halogenated alkanes) is 32. The van der Waals surface area contributed by atoms with Gasteiger partial charge in [0.25, 0.3) is 0 Å². The molecular formula is C63H122O17P2. The molecule has 3 N–H and O–H groups in total. The molecule has 0 aliphatic carbocycles. The summed E-state index contributed by atoms with van der Waals surface area (Å²) in [7, 11) is -9.87. The molecule has 0 saturated carbocycles. The second kappa shape index (κ2) is 55.6. The third kappa shape index (κ3) is 57.2. The highest BCUT2D eigenvalue weighted by Crippen LogP contribution is 2.45. The Morgan fingerprint density at radius 1 is 0.329 bits per heavy atom. The molecule has 82 heavy (non-hydrogen) atoms. The number of phosphoric acid groups is 2. The zero-order valence-electron chi connectivity index (χ0n) is 52.8. The Morgan fingerprint density at radius 2 is 0.561 bits per heavy atom. The SMILES string of the molecule is CCCCCCCCCC(=O)O[C@H](COC(=O)CCCCCCC)COP(=O)(O)OC[C@H](O)COP(=O)(O)OC[C@@H](COC(=O)CCCCCCCCCCC(C)C)OC(=O)CCCCCCCCCCCCCCCCCCC(C)C.